The zero-order valence-electron chi connectivity index (χ0n) is 23.1. The van der Waals surface area contributed by atoms with E-state index in [-0.39, 0.29) is 22.7 Å². The highest BCUT2D eigenvalue weighted by Gasteiger charge is 2.73. The molecule has 4 aliphatic carbocycles. The first-order valence-corrected chi connectivity index (χ1v) is 13.5. The van der Waals surface area contributed by atoms with Crippen molar-refractivity contribution in [3.05, 3.63) is 24.3 Å². The van der Waals surface area contributed by atoms with Crippen LogP contribution >= 0.6 is 0 Å². The summed E-state index contributed by atoms with van der Waals surface area (Å²) in [5.74, 6) is 2.12. The molecule has 0 aromatic carbocycles. The van der Waals surface area contributed by atoms with E-state index in [9.17, 15) is 4.79 Å². The monoisotopic (exact) mass is 454 g/mol. The van der Waals surface area contributed by atoms with Crippen molar-refractivity contribution in [2.75, 3.05) is 7.11 Å². The maximum Gasteiger partial charge on any atom is 0.309 e. The van der Waals surface area contributed by atoms with E-state index in [2.05, 4.69) is 68.5 Å². The minimum absolute atomic E-state index is 0.0232. The Morgan fingerprint density at radius 3 is 1.85 bits per heavy atom. The van der Waals surface area contributed by atoms with Gasteiger partial charge in [0.2, 0.25) is 0 Å². The van der Waals surface area contributed by atoms with Crippen LogP contribution < -0.4 is 0 Å². The predicted octanol–water partition coefficient (Wildman–Crippen LogP) is 8.23. The first-order valence-electron chi connectivity index (χ1n) is 13.5. The van der Waals surface area contributed by atoms with Gasteiger partial charge in [-0.2, -0.15) is 0 Å². The van der Waals surface area contributed by atoms with Crippen molar-refractivity contribution in [1.29, 1.82) is 0 Å². The van der Waals surface area contributed by atoms with Gasteiger partial charge in [-0.05, 0) is 110 Å². The second-order valence-electron chi connectivity index (χ2n) is 14.2. The molecule has 4 rings (SSSR count). The van der Waals surface area contributed by atoms with E-state index in [4.69, 9.17) is 4.74 Å². The molecular formula is C31H50O2. The molecule has 0 aliphatic heterocycles. The van der Waals surface area contributed by atoms with Gasteiger partial charge in [0.05, 0.1) is 13.0 Å². The van der Waals surface area contributed by atoms with Gasteiger partial charge in [0.1, 0.15) is 0 Å². The number of rotatable bonds is 3. The molecular weight excluding hydrogens is 404 g/mol. The fourth-order valence-corrected chi connectivity index (χ4v) is 11.2. The molecule has 0 spiro atoms. The molecule has 0 bridgehead atoms. The van der Waals surface area contributed by atoms with Gasteiger partial charge in [-0.15, -0.1) is 0 Å². The third-order valence-electron chi connectivity index (χ3n) is 13.1. The fourth-order valence-electron chi connectivity index (χ4n) is 11.2. The van der Waals surface area contributed by atoms with E-state index in [1.165, 1.54) is 49.7 Å². The van der Waals surface area contributed by atoms with Gasteiger partial charge in [0, 0.05) is 0 Å². The van der Waals surface area contributed by atoms with E-state index in [1.807, 2.05) is 0 Å². The smallest absolute Gasteiger partial charge is 0.309 e. The highest BCUT2D eigenvalue weighted by Crippen LogP contribution is 2.80. The van der Waals surface area contributed by atoms with Crippen molar-refractivity contribution in [1.82, 2.24) is 0 Å². The van der Waals surface area contributed by atoms with Crippen LogP contribution in [0.3, 0.4) is 0 Å². The summed E-state index contributed by atoms with van der Waals surface area (Å²) in [5, 5.41) is 0. The van der Waals surface area contributed by atoms with Crippen LogP contribution in [0.2, 0.25) is 0 Å². The first-order chi connectivity index (χ1) is 15.1. The lowest BCUT2D eigenvalue weighted by molar-refractivity contribution is -0.245. The van der Waals surface area contributed by atoms with Crippen molar-refractivity contribution in [3.8, 4) is 0 Å². The van der Waals surface area contributed by atoms with Crippen LogP contribution in [0.4, 0.5) is 0 Å². The molecule has 2 heteroatoms. The molecule has 0 saturated heterocycles. The molecule has 0 aromatic heterocycles. The average molecular weight is 455 g/mol. The normalized spacial score (nSPS) is 50.5. The Kier molecular flexibility index (Phi) is 5.67. The second kappa shape index (κ2) is 7.47. The lowest BCUT2D eigenvalue weighted by Crippen LogP contribution is -2.67. The molecule has 2 nitrogen and oxygen atoms in total. The lowest BCUT2D eigenvalue weighted by atomic mass is 9.31. The number of carbonyl (C=O) groups excluding carboxylic acids is 1. The Labute approximate surface area is 204 Å². The molecule has 4 aliphatic rings. The van der Waals surface area contributed by atoms with Crippen molar-refractivity contribution in [3.63, 3.8) is 0 Å². The molecule has 9 atom stereocenters. The zero-order chi connectivity index (χ0) is 24.8. The van der Waals surface area contributed by atoms with Gasteiger partial charge >= 0.3 is 5.97 Å². The number of hydrogen-bond donors (Lipinski definition) is 0. The standard InChI is InChI=1S/C31H50O2/c1-19(2)21-12-17-30(9)28(21,7)15-14-25-29(30,8)16-13-24-27(5,6)23(26(32)33-11)18-22(20(3)4)31(24,25)10/h21-25H,1,3,12-18H2,2,4-11H3. The summed E-state index contributed by atoms with van der Waals surface area (Å²) in [6.45, 7) is 28.7. The number of carbonyl (C=O) groups is 1. The summed E-state index contributed by atoms with van der Waals surface area (Å²) in [7, 11) is 1.56. The van der Waals surface area contributed by atoms with Crippen LogP contribution in [0.25, 0.3) is 0 Å². The SMILES string of the molecule is C=C(C)C1CC(C(=O)OC)C(C)(C)C2CCC3(C)C(CCC4(C)C(C(=C)C)CCC43C)C12C. The molecule has 0 heterocycles. The van der Waals surface area contributed by atoms with Crippen LogP contribution in [0.15, 0.2) is 24.3 Å². The number of hydrogen-bond acceptors (Lipinski definition) is 2. The van der Waals surface area contributed by atoms with Gasteiger partial charge in [-0.3, -0.25) is 4.79 Å². The lowest BCUT2D eigenvalue weighted by Gasteiger charge is -2.73. The molecule has 9 unspecified atom stereocenters. The average Bonchev–Trinajstić information content (AvgIpc) is 2.99. The van der Waals surface area contributed by atoms with Crippen molar-refractivity contribution >= 4 is 5.97 Å². The summed E-state index contributed by atoms with van der Waals surface area (Å²) in [4.78, 5) is 13.0. The molecule has 0 radical (unpaired) electrons. The Morgan fingerprint density at radius 1 is 0.758 bits per heavy atom. The molecule has 33 heavy (non-hydrogen) atoms. The minimum Gasteiger partial charge on any atom is -0.469 e. The Morgan fingerprint density at radius 2 is 1.30 bits per heavy atom. The van der Waals surface area contributed by atoms with Crippen LogP contribution in [0, 0.1) is 56.7 Å². The van der Waals surface area contributed by atoms with Crippen LogP contribution in [-0.2, 0) is 9.53 Å². The summed E-state index contributed by atoms with van der Waals surface area (Å²) < 4.78 is 5.34. The molecule has 0 N–H and O–H groups in total. The third kappa shape index (κ3) is 2.88. The number of fused-ring (bicyclic) bond motifs is 5. The summed E-state index contributed by atoms with van der Waals surface area (Å²) in [5.41, 5.74) is 3.72. The predicted molar refractivity (Wildman–Crippen MR) is 138 cm³/mol. The van der Waals surface area contributed by atoms with E-state index in [0.717, 1.165) is 6.42 Å². The number of ether oxygens (including phenoxy) is 1. The van der Waals surface area contributed by atoms with Gasteiger partial charge in [0.15, 0.2) is 0 Å². The fraction of sp³-hybridized carbons (Fsp3) is 0.839. The zero-order valence-corrected chi connectivity index (χ0v) is 23.1. The maximum atomic E-state index is 13.0. The summed E-state index contributed by atoms with van der Waals surface area (Å²) >= 11 is 0. The van der Waals surface area contributed by atoms with Crippen molar-refractivity contribution in [2.45, 2.75) is 100 Å². The van der Waals surface area contributed by atoms with E-state index >= 15 is 0 Å². The quantitative estimate of drug-likeness (QED) is 0.317. The molecule has 186 valence electrons. The Bertz CT molecular complexity index is 868. The van der Waals surface area contributed by atoms with Gasteiger partial charge in [-0.1, -0.05) is 65.8 Å². The highest BCUT2D eigenvalue weighted by atomic mass is 16.5. The van der Waals surface area contributed by atoms with Crippen LogP contribution in [0.1, 0.15) is 100 Å². The first kappa shape index (κ1) is 25.1. The minimum atomic E-state index is -0.0628. The van der Waals surface area contributed by atoms with Gasteiger partial charge in [-0.25, -0.2) is 0 Å². The number of esters is 1. The topological polar surface area (TPSA) is 26.3 Å². The van der Waals surface area contributed by atoms with Crippen LogP contribution in [-0.4, -0.2) is 13.1 Å². The number of methoxy groups -OCH3 is 1. The van der Waals surface area contributed by atoms with Crippen molar-refractivity contribution in [2.24, 2.45) is 56.7 Å². The molecule has 0 amide bonds. The van der Waals surface area contributed by atoms with Gasteiger partial charge in [0.25, 0.3) is 0 Å². The maximum absolute atomic E-state index is 13.0. The van der Waals surface area contributed by atoms with E-state index in [0.29, 0.717) is 39.9 Å². The molecule has 0 aromatic rings. The van der Waals surface area contributed by atoms with Crippen LogP contribution in [0.5, 0.6) is 0 Å². The number of allylic oxidation sites excluding steroid dienone is 2. The summed E-state index contributed by atoms with van der Waals surface area (Å²) in [6.07, 6.45) is 8.57. The molecule has 4 saturated carbocycles. The van der Waals surface area contributed by atoms with Crippen molar-refractivity contribution < 1.29 is 9.53 Å². The van der Waals surface area contributed by atoms with E-state index in [1.54, 1.807) is 7.11 Å². The van der Waals surface area contributed by atoms with E-state index < -0.39 is 0 Å². The largest absolute Gasteiger partial charge is 0.469 e. The molecule has 4 fully saturated rings. The summed E-state index contributed by atoms with van der Waals surface area (Å²) in [6, 6.07) is 0. The second-order valence-corrected chi connectivity index (χ2v) is 14.2. The Hall–Kier alpha value is -1.05. The van der Waals surface area contributed by atoms with Gasteiger partial charge < -0.3 is 4.74 Å². The third-order valence-corrected chi connectivity index (χ3v) is 13.1. The highest BCUT2D eigenvalue weighted by molar-refractivity contribution is 5.73. The Balaban J connectivity index is 1.84.